The number of furan rings is 1. The summed E-state index contributed by atoms with van der Waals surface area (Å²) in [5.74, 6) is 2.57. The van der Waals surface area contributed by atoms with E-state index in [2.05, 4.69) is 128 Å². The maximum absolute atomic E-state index is 6.71. The Bertz CT molecular complexity index is 1750. The molecule has 168 valence electrons. The molecule has 3 heteroatoms. The summed E-state index contributed by atoms with van der Waals surface area (Å²) in [5.41, 5.74) is 8.41. The van der Waals surface area contributed by atoms with Crippen molar-refractivity contribution >= 4 is 48.4 Å². The second-order valence-electron chi connectivity index (χ2n) is 9.83. The van der Waals surface area contributed by atoms with Gasteiger partial charge in [0.05, 0.1) is 0 Å². The molecule has 35 heavy (non-hydrogen) atoms. The van der Waals surface area contributed by atoms with Crippen LogP contribution in [-0.2, 0) is 7.05 Å². The average Bonchev–Trinajstić information content (AvgIpc) is 3.39. The molecular weight excluding hydrogens is 487 g/mol. The van der Waals surface area contributed by atoms with Gasteiger partial charge in [0.15, 0.2) is 0 Å². The molecule has 0 saturated carbocycles. The van der Waals surface area contributed by atoms with Crippen LogP contribution < -0.4 is 17.8 Å². The van der Waals surface area contributed by atoms with Gasteiger partial charge in [0.25, 0.3) is 0 Å². The molecule has 0 saturated heterocycles. The number of aryl methyl sites for hydroxylation is 2. The van der Waals surface area contributed by atoms with Gasteiger partial charge < -0.3 is 0 Å². The van der Waals surface area contributed by atoms with E-state index in [0.717, 1.165) is 11.2 Å². The SMILES string of the molecule is Cc1c[c]([Ge]2([CH3])[c]3ccccc3-c3cccc[c]32)c2c(oc3ccccc32)c1-c1cccc[n+]1C. The van der Waals surface area contributed by atoms with Gasteiger partial charge in [0.1, 0.15) is 0 Å². The fraction of sp³-hybridized carbons (Fsp3) is 0.0938. The van der Waals surface area contributed by atoms with Gasteiger partial charge in [-0.2, -0.15) is 0 Å². The van der Waals surface area contributed by atoms with Crippen LogP contribution in [0.15, 0.2) is 108 Å². The van der Waals surface area contributed by atoms with E-state index in [9.17, 15) is 0 Å². The topological polar surface area (TPSA) is 17.0 Å². The van der Waals surface area contributed by atoms with E-state index in [4.69, 9.17) is 4.42 Å². The van der Waals surface area contributed by atoms with Crippen LogP contribution in [-0.4, -0.2) is 13.3 Å². The molecule has 0 radical (unpaired) electrons. The molecule has 4 aromatic carbocycles. The van der Waals surface area contributed by atoms with Crippen molar-refractivity contribution in [3.63, 3.8) is 0 Å². The first kappa shape index (κ1) is 20.7. The molecule has 2 aromatic heterocycles. The summed E-state index contributed by atoms with van der Waals surface area (Å²) in [6, 6.07) is 35.6. The quantitative estimate of drug-likeness (QED) is 0.222. The monoisotopic (exact) mass is 514 g/mol. The molecule has 0 aliphatic carbocycles. The standard InChI is InChI=1S/C32H26GeNO/c1-21-20-27(33(2)25-15-7-4-12-22(25)23-13-5-8-16-26(23)33)31-24-14-6-9-18-29(24)35-32(31)30(21)28-17-10-11-19-34(28)3/h4-20H,1-3H3/q+1. The van der Waals surface area contributed by atoms with Crippen LogP contribution >= 0.6 is 0 Å². The number of pyridine rings is 1. The molecule has 0 atom stereocenters. The molecular formula is C32H26GeNO+. The minimum absolute atomic E-state index is 0.958. The zero-order chi connectivity index (χ0) is 23.7. The number of benzene rings is 4. The molecule has 3 heterocycles. The molecule has 0 unspecified atom stereocenters. The van der Waals surface area contributed by atoms with Gasteiger partial charge in [-0.25, -0.2) is 0 Å². The Morgan fingerprint density at radius 2 is 1.34 bits per heavy atom. The molecule has 0 bridgehead atoms. The summed E-state index contributed by atoms with van der Waals surface area (Å²) in [6.07, 6.45) is 2.11. The van der Waals surface area contributed by atoms with Gasteiger partial charge >= 0.3 is 208 Å². The predicted octanol–water partition coefficient (Wildman–Crippen LogP) is 5.47. The van der Waals surface area contributed by atoms with Gasteiger partial charge in [-0.1, -0.05) is 0 Å². The van der Waals surface area contributed by atoms with Crippen molar-refractivity contribution in [1.29, 1.82) is 0 Å². The number of hydrogen-bond donors (Lipinski definition) is 0. The average molecular weight is 513 g/mol. The van der Waals surface area contributed by atoms with Crippen molar-refractivity contribution in [2.75, 3.05) is 0 Å². The summed E-state index contributed by atoms with van der Waals surface area (Å²) < 4.78 is 13.5. The van der Waals surface area contributed by atoms with Crippen LogP contribution in [0.3, 0.4) is 0 Å². The van der Waals surface area contributed by atoms with Crippen molar-refractivity contribution in [1.82, 2.24) is 0 Å². The summed E-state index contributed by atoms with van der Waals surface area (Å²) in [5, 5.41) is 2.50. The Balaban J connectivity index is 1.67. The molecule has 7 rings (SSSR count). The van der Waals surface area contributed by atoms with E-state index in [-0.39, 0.29) is 0 Å². The van der Waals surface area contributed by atoms with Gasteiger partial charge in [-0.3, -0.25) is 0 Å². The van der Waals surface area contributed by atoms with E-state index >= 15 is 0 Å². The Labute approximate surface area is 207 Å². The number of fused-ring (bicyclic) bond motifs is 6. The van der Waals surface area contributed by atoms with E-state index in [0.29, 0.717) is 0 Å². The maximum atomic E-state index is 6.71. The van der Waals surface area contributed by atoms with Crippen molar-refractivity contribution in [3.05, 3.63) is 109 Å². The van der Waals surface area contributed by atoms with Crippen molar-refractivity contribution in [2.45, 2.75) is 12.7 Å². The van der Waals surface area contributed by atoms with Gasteiger partial charge in [-0.15, -0.1) is 0 Å². The van der Waals surface area contributed by atoms with Crippen LogP contribution in [0.4, 0.5) is 0 Å². The van der Waals surface area contributed by atoms with Crippen LogP contribution in [0.5, 0.6) is 0 Å². The van der Waals surface area contributed by atoms with E-state index in [1.807, 2.05) is 0 Å². The summed E-state index contributed by atoms with van der Waals surface area (Å²) in [4.78, 5) is 0. The minimum atomic E-state index is -2.98. The number of hydrogen-bond acceptors (Lipinski definition) is 1. The molecule has 2 nitrogen and oxygen atoms in total. The fourth-order valence-corrected chi connectivity index (χ4v) is 15.7. The second-order valence-corrected chi connectivity index (χ2v) is 17.9. The Morgan fingerprint density at radius 1 is 0.714 bits per heavy atom. The molecule has 0 N–H and O–H groups in total. The number of rotatable bonds is 2. The van der Waals surface area contributed by atoms with E-state index in [1.165, 1.54) is 51.9 Å². The molecule has 6 aromatic rings. The van der Waals surface area contributed by atoms with Crippen LogP contribution in [0.2, 0.25) is 5.76 Å². The first-order valence-corrected chi connectivity index (χ1v) is 17.4. The molecule has 0 fully saturated rings. The third-order valence-electron chi connectivity index (χ3n) is 7.92. The third-order valence-corrected chi connectivity index (χ3v) is 17.4. The Kier molecular flexibility index (Phi) is 4.40. The zero-order valence-corrected chi connectivity index (χ0v) is 22.3. The fourth-order valence-electron chi connectivity index (χ4n) is 6.27. The molecule has 0 spiro atoms. The Morgan fingerprint density at radius 3 is 2.06 bits per heavy atom. The van der Waals surface area contributed by atoms with Crippen LogP contribution in [0, 0.1) is 6.92 Å². The van der Waals surface area contributed by atoms with Gasteiger partial charge in [-0.05, 0) is 0 Å². The normalized spacial score (nSPS) is 13.8. The summed E-state index contributed by atoms with van der Waals surface area (Å²) in [6.45, 7) is 2.25. The van der Waals surface area contributed by atoms with Crippen LogP contribution in [0.1, 0.15) is 5.56 Å². The molecule has 0 amide bonds. The predicted molar refractivity (Wildman–Crippen MR) is 147 cm³/mol. The number of para-hydroxylation sites is 1. The summed E-state index contributed by atoms with van der Waals surface area (Å²) in [7, 11) is 2.11. The molecule has 1 aliphatic heterocycles. The van der Waals surface area contributed by atoms with E-state index in [1.54, 1.807) is 0 Å². The first-order chi connectivity index (χ1) is 17.1. The van der Waals surface area contributed by atoms with Crippen molar-refractivity contribution in [2.24, 2.45) is 7.05 Å². The van der Waals surface area contributed by atoms with Crippen molar-refractivity contribution in [3.8, 4) is 22.4 Å². The van der Waals surface area contributed by atoms with E-state index < -0.39 is 13.3 Å². The van der Waals surface area contributed by atoms with Gasteiger partial charge in [0.2, 0.25) is 0 Å². The first-order valence-electron chi connectivity index (χ1n) is 12.2. The van der Waals surface area contributed by atoms with Crippen molar-refractivity contribution < 1.29 is 8.98 Å². The number of nitrogens with zero attached hydrogens (tertiary/aromatic N) is 1. The third kappa shape index (κ3) is 2.75. The van der Waals surface area contributed by atoms with Crippen LogP contribution in [0.25, 0.3) is 44.3 Å². The molecule has 1 aliphatic rings. The Hall–Kier alpha value is -3.63. The summed E-state index contributed by atoms with van der Waals surface area (Å²) >= 11 is -2.98. The number of aromatic nitrogens is 1. The van der Waals surface area contributed by atoms with Gasteiger partial charge in [0, 0.05) is 0 Å². The second kappa shape index (κ2) is 7.43. The zero-order valence-electron chi connectivity index (χ0n) is 20.2.